The van der Waals surface area contributed by atoms with Crippen molar-refractivity contribution in [3.63, 3.8) is 0 Å². The molecule has 0 fully saturated rings. The van der Waals surface area contributed by atoms with E-state index in [0.29, 0.717) is 11.9 Å². The Hall–Kier alpha value is -2.75. The van der Waals surface area contributed by atoms with Gasteiger partial charge in [-0.15, -0.1) is 0 Å². The summed E-state index contributed by atoms with van der Waals surface area (Å²) in [5.74, 6) is -0.742. The van der Waals surface area contributed by atoms with E-state index in [1.165, 1.54) is 4.68 Å². The van der Waals surface area contributed by atoms with Crippen molar-refractivity contribution in [1.82, 2.24) is 19.7 Å². The highest BCUT2D eigenvalue weighted by Gasteiger charge is 2.32. The van der Waals surface area contributed by atoms with Gasteiger partial charge in [0.25, 0.3) is 5.56 Å². The molecule has 10 heteroatoms. The molecule has 0 aliphatic rings. The van der Waals surface area contributed by atoms with Crippen molar-refractivity contribution in [2.75, 3.05) is 0 Å². The third-order valence-electron chi connectivity index (χ3n) is 4.27. The summed E-state index contributed by atoms with van der Waals surface area (Å²) in [5.41, 5.74) is -1.42. The molecule has 0 saturated carbocycles. The fraction of sp³-hybridized carbons (Fsp3) is 0.353. The molecule has 0 aliphatic heterocycles. The number of hydrogen-bond donors (Lipinski definition) is 2. The number of aliphatic hydroxyl groups excluding tert-OH is 1. The van der Waals surface area contributed by atoms with E-state index >= 15 is 0 Å². The minimum Gasteiger partial charge on any atom is -0.390 e. The van der Waals surface area contributed by atoms with E-state index in [0.717, 1.165) is 12.1 Å². The molecular formula is C17H16F4N4O2. The first-order valence-electron chi connectivity index (χ1n) is 8.12. The zero-order valence-electron chi connectivity index (χ0n) is 14.4. The Kier molecular flexibility index (Phi) is 4.77. The third kappa shape index (κ3) is 3.32. The van der Waals surface area contributed by atoms with Crippen LogP contribution in [0.2, 0.25) is 0 Å². The molecule has 2 heterocycles. The lowest BCUT2D eigenvalue weighted by Gasteiger charge is -2.18. The predicted molar refractivity (Wildman–Crippen MR) is 88.6 cm³/mol. The van der Waals surface area contributed by atoms with Gasteiger partial charge in [0, 0.05) is 5.56 Å². The number of nitrogens with zero attached hydrogens (tertiary/aromatic N) is 3. The van der Waals surface area contributed by atoms with Gasteiger partial charge < -0.3 is 10.1 Å². The Morgan fingerprint density at radius 2 is 2.04 bits per heavy atom. The highest BCUT2D eigenvalue weighted by Crippen LogP contribution is 2.33. The summed E-state index contributed by atoms with van der Waals surface area (Å²) in [6, 6.07) is 1.48. The lowest BCUT2D eigenvalue weighted by molar-refractivity contribution is -0.137. The molecule has 1 atom stereocenters. The molecule has 6 nitrogen and oxygen atoms in total. The number of benzene rings is 1. The van der Waals surface area contributed by atoms with Crippen LogP contribution in [0.25, 0.3) is 11.0 Å². The average molecular weight is 384 g/mol. The van der Waals surface area contributed by atoms with Crippen LogP contribution in [-0.4, -0.2) is 24.9 Å². The highest BCUT2D eigenvalue weighted by atomic mass is 19.4. The van der Waals surface area contributed by atoms with Gasteiger partial charge in [0.05, 0.1) is 18.2 Å². The topological polar surface area (TPSA) is 83.8 Å². The smallest absolute Gasteiger partial charge is 0.390 e. The third-order valence-corrected chi connectivity index (χ3v) is 4.27. The number of halogens is 4. The predicted octanol–water partition coefficient (Wildman–Crippen LogP) is 3.08. The van der Waals surface area contributed by atoms with Crippen LogP contribution >= 0.6 is 0 Å². The molecule has 0 saturated heterocycles. The zero-order chi connectivity index (χ0) is 19.9. The summed E-state index contributed by atoms with van der Waals surface area (Å²) in [7, 11) is 0. The Balaban J connectivity index is 2.21. The van der Waals surface area contributed by atoms with E-state index in [-0.39, 0.29) is 28.7 Å². The lowest BCUT2D eigenvalue weighted by Crippen LogP contribution is -2.16. The zero-order valence-corrected chi connectivity index (χ0v) is 14.4. The molecule has 0 bridgehead atoms. The number of alkyl halides is 3. The number of nitrogens with one attached hydrogen (secondary N) is 1. The van der Waals surface area contributed by atoms with Crippen molar-refractivity contribution in [3.05, 3.63) is 57.0 Å². The minimum absolute atomic E-state index is 0.0147. The van der Waals surface area contributed by atoms with Crippen LogP contribution in [0.3, 0.4) is 0 Å². The number of aromatic amines is 1. The number of aryl methyl sites for hydroxylation is 1. The van der Waals surface area contributed by atoms with Gasteiger partial charge in [-0.05, 0) is 25.5 Å². The van der Waals surface area contributed by atoms with E-state index in [9.17, 15) is 27.5 Å². The number of rotatable bonds is 4. The summed E-state index contributed by atoms with van der Waals surface area (Å²) in [4.78, 5) is 18.9. The molecule has 2 aromatic heterocycles. The highest BCUT2D eigenvalue weighted by molar-refractivity contribution is 5.77. The summed E-state index contributed by atoms with van der Waals surface area (Å²) in [5, 5.41) is 13.7. The standard InChI is InChI=1S/C17H16F4N4O2/c1-3-13(10-5-4-9(6-11(10)18)17(19,20)21)25-15-14(12(7-26)24-25)16(27)23-8(2)22-15/h4-6,13,26H,3,7H2,1-2H3,(H,22,23,27). The molecule has 3 aromatic rings. The van der Waals surface area contributed by atoms with Gasteiger partial charge in [-0.25, -0.2) is 14.1 Å². The number of aliphatic hydroxyl groups is 1. The first kappa shape index (κ1) is 19.0. The van der Waals surface area contributed by atoms with Crippen LogP contribution in [0.15, 0.2) is 23.0 Å². The van der Waals surface area contributed by atoms with E-state index in [4.69, 9.17) is 0 Å². The maximum atomic E-state index is 14.5. The second kappa shape index (κ2) is 6.76. The molecule has 1 unspecified atom stereocenters. The molecule has 3 rings (SSSR count). The van der Waals surface area contributed by atoms with Crippen molar-refractivity contribution < 1.29 is 22.7 Å². The van der Waals surface area contributed by atoms with Gasteiger partial charge in [0.2, 0.25) is 0 Å². The Bertz CT molecular complexity index is 1060. The van der Waals surface area contributed by atoms with Gasteiger partial charge in [-0.3, -0.25) is 4.79 Å². The van der Waals surface area contributed by atoms with Crippen molar-refractivity contribution in [3.8, 4) is 0 Å². The van der Waals surface area contributed by atoms with Crippen LogP contribution in [0, 0.1) is 12.7 Å². The Morgan fingerprint density at radius 1 is 1.33 bits per heavy atom. The summed E-state index contributed by atoms with van der Waals surface area (Å²) in [6.07, 6.45) is -4.38. The number of fused-ring (bicyclic) bond motifs is 1. The molecule has 144 valence electrons. The average Bonchev–Trinajstić information content (AvgIpc) is 2.95. The molecule has 0 aliphatic carbocycles. The summed E-state index contributed by atoms with van der Waals surface area (Å²) in [6.45, 7) is 2.72. The molecular weight excluding hydrogens is 368 g/mol. The minimum atomic E-state index is -4.66. The lowest BCUT2D eigenvalue weighted by atomic mass is 10.0. The van der Waals surface area contributed by atoms with Gasteiger partial charge in [0.15, 0.2) is 5.65 Å². The van der Waals surface area contributed by atoms with E-state index in [1.54, 1.807) is 13.8 Å². The molecule has 27 heavy (non-hydrogen) atoms. The van der Waals surface area contributed by atoms with Crippen LogP contribution in [0.1, 0.15) is 42.0 Å². The van der Waals surface area contributed by atoms with E-state index in [1.807, 2.05) is 0 Å². The van der Waals surface area contributed by atoms with Crippen molar-refractivity contribution >= 4 is 11.0 Å². The second-order valence-electron chi connectivity index (χ2n) is 6.06. The normalized spacial score (nSPS) is 13.3. The quantitative estimate of drug-likeness (QED) is 0.677. The Labute approximate surface area is 150 Å². The van der Waals surface area contributed by atoms with Crippen molar-refractivity contribution in [2.45, 2.75) is 39.1 Å². The second-order valence-corrected chi connectivity index (χ2v) is 6.06. The van der Waals surface area contributed by atoms with Gasteiger partial charge >= 0.3 is 6.18 Å². The van der Waals surface area contributed by atoms with Crippen molar-refractivity contribution in [1.29, 1.82) is 0 Å². The van der Waals surface area contributed by atoms with Crippen LogP contribution in [0.5, 0.6) is 0 Å². The van der Waals surface area contributed by atoms with Gasteiger partial charge in [-0.1, -0.05) is 13.0 Å². The summed E-state index contributed by atoms with van der Waals surface area (Å²) < 4.78 is 54.1. The molecule has 0 spiro atoms. The van der Waals surface area contributed by atoms with E-state index in [2.05, 4.69) is 15.1 Å². The molecule has 1 aromatic carbocycles. The van der Waals surface area contributed by atoms with Crippen LogP contribution < -0.4 is 5.56 Å². The fourth-order valence-corrected chi connectivity index (χ4v) is 3.05. The summed E-state index contributed by atoms with van der Waals surface area (Å²) >= 11 is 0. The monoisotopic (exact) mass is 384 g/mol. The fourth-order valence-electron chi connectivity index (χ4n) is 3.05. The largest absolute Gasteiger partial charge is 0.416 e. The van der Waals surface area contributed by atoms with E-state index < -0.39 is 35.8 Å². The maximum absolute atomic E-state index is 14.5. The number of hydrogen-bond acceptors (Lipinski definition) is 4. The van der Waals surface area contributed by atoms with Gasteiger partial charge in [-0.2, -0.15) is 18.3 Å². The molecule has 0 amide bonds. The number of aromatic nitrogens is 4. The maximum Gasteiger partial charge on any atom is 0.416 e. The number of H-pyrrole nitrogens is 1. The molecule has 0 radical (unpaired) electrons. The SMILES string of the molecule is CCC(c1ccc(C(F)(F)F)cc1F)n1nc(CO)c2c(=O)[nH]c(C)nc21. The van der Waals surface area contributed by atoms with Crippen molar-refractivity contribution in [2.24, 2.45) is 0 Å². The Morgan fingerprint density at radius 3 is 2.59 bits per heavy atom. The first-order valence-corrected chi connectivity index (χ1v) is 8.12. The first-order chi connectivity index (χ1) is 12.7. The molecule has 2 N–H and O–H groups in total. The van der Waals surface area contributed by atoms with Gasteiger partial charge in [0.1, 0.15) is 22.7 Å². The van der Waals surface area contributed by atoms with Crippen LogP contribution in [-0.2, 0) is 12.8 Å². The van der Waals surface area contributed by atoms with Crippen LogP contribution in [0.4, 0.5) is 17.6 Å².